The van der Waals surface area contributed by atoms with E-state index in [9.17, 15) is 9.90 Å². The molecule has 1 saturated heterocycles. The van der Waals surface area contributed by atoms with Crippen LogP contribution in [0.15, 0.2) is 12.3 Å². The Morgan fingerprint density at radius 2 is 2.33 bits per heavy atom. The Morgan fingerprint density at radius 3 is 2.94 bits per heavy atom. The first-order valence-electron chi connectivity index (χ1n) is 5.91. The largest absolute Gasteiger partial charge is 0.478 e. The van der Waals surface area contributed by atoms with E-state index in [0.717, 1.165) is 0 Å². The fourth-order valence-electron chi connectivity index (χ4n) is 2.15. The van der Waals surface area contributed by atoms with Crippen molar-refractivity contribution in [3.63, 3.8) is 0 Å². The molecule has 4 N–H and O–H groups in total. The minimum absolute atomic E-state index is 0.0683. The maximum atomic E-state index is 11.0. The molecule has 2 unspecified atom stereocenters. The predicted molar refractivity (Wildman–Crippen MR) is 67.6 cm³/mol. The van der Waals surface area contributed by atoms with Gasteiger partial charge in [-0.05, 0) is 18.4 Å². The van der Waals surface area contributed by atoms with Crippen LogP contribution in [-0.4, -0.2) is 40.4 Å². The van der Waals surface area contributed by atoms with Crippen LogP contribution in [0.2, 0.25) is 0 Å². The quantitative estimate of drug-likeness (QED) is 0.710. The third-order valence-electron chi connectivity index (χ3n) is 3.33. The molecule has 6 nitrogen and oxygen atoms in total. The second-order valence-corrected chi connectivity index (χ2v) is 4.71. The van der Waals surface area contributed by atoms with Gasteiger partial charge in [-0.3, -0.25) is 0 Å². The molecular weight excluding hydrogens is 234 g/mol. The van der Waals surface area contributed by atoms with Gasteiger partial charge in [0.15, 0.2) is 0 Å². The van der Waals surface area contributed by atoms with Crippen molar-refractivity contribution in [2.45, 2.75) is 19.4 Å². The summed E-state index contributed by atoms with van der Waals surface area (Å²) in [4.78, 5) is 17.1. The molecule has 0 amide bonds. The monoisotopic (exact) mass is 251 g/mol. The maximum Gasteiger partial charge on any atom is 0.337 e. The lowest BCUT2D eigenvalue weighted by Crippen LogP contribution is -2.42. The molecule has 0 saturated carbocycles. The maximum absolute atomic E-state index is 11.0. The summed E-state index contributed by atoms with van der Waals surface area (Å²) in [5, 5.41) is 18.7. The van der Waals surface area contributed by atoms with Crippen molar-refractivity contribution in [2.75, 3.05) is 23.7 Å². The van der Waals surface area contributed by atoms with Crippen molar-refractivity contribution in [3.05, 3.63) is 17.8 Å². The third-order valence-corrected chi connectivity index (χ3v) is 3.33. The molecule has 0 aliphatic carbocycles. The van der Waals surface area contributed by atoms with Gasteiger partial charge in [0.2, 0.25) is 0 Å². The number of nitrogens with zero attached hydrogens (tertiary/aromatic N) is 2. The van der Waals surface area contributed by atoms with E-state index in [2.05, 4.69) is 4.98 Å². The zero-order valence-corrected chi connectivity index (χ0v) is 10.2. The number of carboxylic acids is 1. The lowest BCUT2D eigenvalue weighted by atomic mass is 9.97. The van der Waals surface area contributed by atoms with E-state index in [1.807, 2.05) is 11.8 Å². The van der Waals surface area contributed by atoms with E-state index in [-0.39, 0.29) is 23.3 Å². The normalized spacial score (nSPS) is 24.0. The highest BCUT2D eigenvalue weighted by Crippen LogP contribution is 2.24. The van der Waals surface area contributed by atoms with E-state index >= 15 is 0 Å². The van der Waals surface area contributed by atoms with Gasteiger partial charge >= 0.3 is 5.97 Å². The number of aliphatic hydroxyl groups is 1. The Morgan fingerprint density at radius 1 is 1.61 bits per heavy atom. The average molecular weight is 251 g/mol. The summed E-state index contributed by atoms with van der Waals surface area (Å²) in [5.74, 6) is -0.312. The molecule has 2 rings (SSSR count). The van der Waals surface area contributed by atoms with Crippen LogP contribution in [0.4, 0.5) is 11.5 Å². The van der Waals surface area contributed by atoms with Crippen molar-refractivity contribution in [1.82, 2.24) is 4.98 Å². The van der Waals surface area contributed by atoms with Gasteiger partial charge in [-0.2, -0.15) is 0 Å². The first-order chi connectivity index (χ1) is 8.49. The zero-order chi connectivity index (χ0) is 13.3. The Kier molecular flexibility index (Phi) is 3.38. The van der Waals surface area contributed by atoms with Gasteiger partial charge in [0.1, 0.15) is 5.82 Å². The van der Waals surface area contributed by atoms with Crippen LogP contribution < -0.4 is 10.6 Å². The van der Waals surface area contributed by atoms with Gasteiger partial charge in [-0.1, -0.05) is 6.92 Å². The highest BCUT2D eigenvalue weighted by molar-refractivity contribution is 5.94. The molecular formula is C12H17N3O3. The van der Waals surface area contributed by atoms with Gasteiger partial charge < -0.3 is 20.8 Å². The number of piperidine rings is 1. The highest BCUT2D eigenvalue weighted by Gasteiger charge is 2.25. The van der Waals surface area contributed by atoms with Crippen molar-refractivity contribution in [1.29, 1.82) is 0 Å². The lowest BCUT2D eigenvalue weighted by molar-refractivity contribution is 0.0697. The Hall–Kier alpha value is -1.82. The number of aromatic carboxylic acids is 1. The topological polar surface area (TPSA) is 99.7 Å². The van der Waals surface area contributed by atoms with Crippen LogP contribution in [0.25, 0.3) is 0 Å². The number of aliphatic hydroxyl groups excluding tert-OH is 1. The minimum Gasteiger partial charge on any atom is -0.478 e. The Balaban J connectivity index is 2.24. The molecule has 0 radical (unpaired) electrons. The van der Waals surface area contributed by atoms with Crippen molar-refractivity contribution < 1.29 is 15.0 Å². The fraction of sp³-hybridized carbons (Fsp3) is 0.500. The molecule has 1 aliphatic heterocycles. The van der Waals surface area contributed by atoms with Gasteiger partial charge in [-0.15, -0.1) is 0 Å². The number of carbonyl (C=O) groups is 1. The number of nitrogens with two attached hydrogens (primary N) is 1. The molecule has 1 aromatic heterocycles. The molecule has 2 heterocycles. The minimum atomic E-state index is -1.05. The third kappa shape index (κ3) is 2.38. The number of nitrogen functional groups attached to an aromatic ring is 1. The molecule has 2 atom stereocenters. The summed E-state index contributed by atoms with van der Waals surface area (Å²) in [6.45, 7) is 3.30. The number of carboxylic acid groups (broad SMARTS) is 1. The molecule has 1 aliphatic rings. The second kappa shape index (κ2) is 4.81. The Bertz CT molecular complexity index is 464. The molecule has 0 bridgehead atoms. The number of rotatable bonds is 2. The van der Waals surface area contributed by atoms with Gasteiger partial charge in [0, 0.05) is 13.1 Å². The highest BCUT2D eigenvalue weighted by atomic mass is 16.4. The number of aromatic nitrogens is 1. The van der Waals surface area contributed by atoms with Gasteiger partial charge in [-0.25, -0.2) is 9.78 Å². The van der Waals surface area contributed by atoms with E-state index in [4.69, 9.17) is 10.8 Å². The van der Waals surface area contributed by atoms with Crippen molar-refractivity contribution in [3.8, 4) is 0 Å². The lowest BCUT2D eigenvalue weighted by Gasteiger charge is -2.35. The predicted octanol–water partition coefficient (Wildman–Crippen LogP) is 0.569. The molecule has 1 fully saturated rings. The molecule has 0 aromatic carbocycles. The molecule has 18 heavy (non-hydrogen) atoms. The summed E-state index contributed by atoms with van der Waals surface area (Å²) in [6, 6.07) is 1.49. The summed E-state index contributed by atoms with van der Waals surface area (Å²) in [7, 11) is 0. The standard InChI is InChI=1S/C12H17N3O3/c1-7-6-15(3-2-10(7)16)11-4-8(12(17)18)9(13)5-14-11/h4-5,7,10,16H,2-3,6,13H2,1H3,(H,17,18). The zero-order valence-electron chi connectivity index (χ0n) is 10.2. The molecule has 6 heteroatoms. The van der Waals surface area contributed by atoms with Crippen LogP contribution in [0.1, 0.15) is 23.7 Å². The van der Waals surface area contributed by atoms with Crippen LogP contribution in [0.3, 0.4) is 0 Å². The van der Waals surface area contributed by atoms with Crippen LogP contribution in [0, 0.1) is 5.92 Å². The summed E-state index contributed by atoms with van der Waals surface area (Å²) < 4.78 is 0. The molecule has 0 spiro atoms. The smallest absolute Gasteiger partial charge is 0.337 e. The number of pyridine rings is 1. The van der Waals surface area contributed by atoms with Gasteiger partial charge in [0.25, 0.3) is 0 Å². The average Bonchev–Trinajstić information content (AvgIpc) is 2.33. The first kappa shape index (κ1) is 12.6. The van der Waals surface area contributed by atoms with Gasteiger partial charge in [0.05, 0.1) is 23.6 Å². The summed E-state index contributed by atoms with van der Waals surface area (Å²) >= 11 is 0. The SMILES string of the molecule is CC1CN(c2cc(C(=O)O)c(N)cn2)CCC1O. The van der Waals surface area contributed by atoms with E-state index in [1.165, 1.54) is 12.3 Å². The molecule has 98 valence electrons. The van der Waals surface area contributed by atoms with E-state index in [0.29, 0.717) is 25.3 Å². The van der Waals surface area contributed by atoms with Crippen LogP contribution >= 0.6 is 0 Å². The van der Waals surface area contributed by atoms with Crippen LogP contribution in [-0.2, 0) is 0 Å². The number of hydrogen-bond donors (Lipinski definition) is 3. The van der Waals surface area contributed by atoms with E-state index < -0.39 is 5.97 Å². The fourth-order valence-corrected chi connectivity index (χ4v) is 2.15. The van der Waals surface area contributed by atoms with Crippen molar-refractivity contribution in [2.24, 2.45) is 5.92 Å². The van der Waals surface area contributed by atoms with E-state index in [1.54, 1.807) is 0 Å². The summed E-state index contributed by atoms with van der Waals surface area (Å²) in [5.41, 5.74) is 5.80. The Labute approximate surface area is 105 Å². The van der Waals surface area contributed by atoms with Crippen molar-refractivity contribution >= 4 is 17.5 Å². The first-order valence-corrected chi connectivity index (χ1v) is 5.91. The van der Waals surface area contributed by atoms with Crippen LogP contribution in [0.5, 0.6) is 0 Å². The number of anilines is 2. The molecule has 1 aromatic rings. The summed E-state index contributed by atoms with van der Waals surface area (Å²) in [6.07, 6.45) is 1.73. The second-order valence-electron chi connectivity index (χ2n) is 4.71. The number of hydrogen-bond acceptors (Lipinski definition) is 5.